The van der Waals surface area contributed by atoms with E-state index in [4.69, 9.17) is 4.42 Å². The third kappa shape index (κ3) is 6.39. The summed E-state index contributed by atoms with van der Waals surface area (Å²) in [5.74, 6) is 1.22. The van der Waals surface area contributed by atoms with E-state index in [0.29, 0.717) is 31.8 Å². The summed E-state index contributed by atoms with van der Waals surface area (Å²) < 4.78 is 23.0. The molecule has 6 nitrogen and oxygen atoms in total. The largest absolute Gasteiger partial charge is 0.467 e. The highest BCUT2D eigenvalue weighted by molar-refractivity contribution is 7.09. The van der Waals surface area contributed by atoms with Crippen molar-refractivity contribution in [2.45, 2.75) is 45.7 Å². The monoisotopic (exact) mass is 416 g/mol. The SMILES string of the molecule is CCC(C)NC(=O)CCN(Cc1ccco1)c1nc(Cc2ccc(F)cc2)ns1. The molecule has 29 heavy (non-hydrogen) atoms. The topological polar surface area (TPSA) is 71.3 Å². The molecule has 3 aromatic rings. The minimum absolute atomic E-state index is 0.0137. The Labute approximate surface area is 173 Å². The summed E-state index contributed by atoms with van der Waals surface area (Å²) in [5, 5.41) is 3.72. The predicted molar refractivity (Wildman–Crippen MR) is 111 cm³/mol. The number of benzene rings is 1. The lowest BCUT2D eigenvalue weighted by Gasteiger charge is -2.20. The van der Waals surface area contributed by atoms with E-state index in [1.807, 2.05) is 30.9 Å². The lowest BCUT2D eigenvalue weighted by Crippen LogP contribution is -2.35. The van der Waals surface area contributed by atoms with Crippen LogP contribution < -0.4 is 10.2 Å². The molecular weight excluding hydrogens is 391 g/mol. The Balaban J connectivity index is 1.67. The average Bonchev–Trinajstić information content (AvgIpc) is 3.39. The Morgan fingerprint density at radius 2 is 2.10 bits per heavy atom. The smallest absolute Gasteiger partial charge is 0.221 e. The molecule has 1 atom stereocenters. The van der Waals surface area contributed by atoms with E-state index < -0.39 is 0 Å². The minimum atomic E-state index is -0.263. The molecule has 0 radical (unpaired) electrons. The molecule has 8 heteroatoms. The summed E-state index contributed by atoms with van der Waals surface area (Å²) in [6, 6.07) is 10.2. The summed E-state index contributed by atoms with van der Waals surface area (Å²) >= 11 is 1.29. The van der Waals surface area contributed by atoms with Crippen LogP contribution in [0.25, 0.3) is 0 Å². The second-order valence-electron chi connectivity index (χ2n) is 6.92. The Morgan fingerprint density at radius 1 is 1.31 bits per heavy atom. The number of aromatic nitrogens is 2. The third-order valence-corrected chi connectivity index (χ3v) is 5.37. The fraction of sp³-hybridized carbons (Fsp3) is 0.381. The Hall–Kier alpha value is -2.74. The van der Waals surface area contributed by atoms with Crippen LogP contribution in [0.2, 0.25) is 0 Å². The molecule has 1 amide bonds. The van der Waals surface area contributed by atoms with Gasteiger partial charge in [-0.2, -0.15) is 4.37 Å². The molecule has 0 aliphatic heterocycles. The van der Waals surface area contributed by atoms with Gasteiger partial charge < -0.3 is 14.6 Å². The van der Waals surface area contributed by atoms with Crippen molar-refractivity contribution in [3.8, 4) is 0 Å². The Kier molecular flexibility index (Phi) is 7.35. The lowest BCUT2D eigenvalue weighted by molar-refractivity contribution is -0.121. The van der Waals surface area contributed by atoms with E-state index in [0.717, 1.165) is 22.9 Å². The summed E-state index contributed by atoms with van der Waals surface area (Å²) in [5.41, 5.74) is 0.946. The molecule has 2 heterocycles. The standard InChI is InChI=1S/C21H25FN4O2S/c1-3-15(2)23-20(27)10-11-26(14-18-5-4-12-28-18)21-24-19(25-29-21)13-16-6-8-17(22)9-7-16/h4-9,12,15H,3,10-11,13-14H2,1-2H3,(H,23,27). The number of anilines is 1. The van der Waals surface area contributed by atoms with Crippen LogP contribution in [0.1, 0.15) is 43.8 Å². The number of halogens is 1. The van der Waals surface area contributed by atoms with Crippen LogP contribution in [0, 0.1) is 5.82 Å². The van der Waals surface area contributed by atoms with Crippen LogP contribution >= 0.6 is 11.5 Å². The minimum Gasteiger partial charge on any atom is -0.467 e. The summed E-state index contributed by atoms with van der Waals surface area (Å²) in [6.45, 7) is 5.05. The van der Waals surface area contributed by atoms with Crippen LogP contribution in [-0.2, 0) is 17.8 Å². The first-order valence-electron chi connectivity index (χ1n) is 9.67. The second-order valence-corrected chi connectivity index (χ2v) is 7.65. The van der Waals surface area contributed by atoms with Gasteiger partial charge in [0.2, 0.25) is 11.0 Å². The molecule has 3 rings (SSSR count). The fourth-order valence-electron chi connectivity index (χ4n) is 2.75. The number of nitrogens with one attached hydrogen (secondary N) is 1. The molecule has 0 saturated carbocycles. The van der Waals surface area contributed by atoms with Gasteiger partial charge in [0.15, 0.2) is 0 Å². The Morgan fingerprint density at radius 3 is 2.79 bits per heavy atom. The molecule has 154 valence electrons. The van der Waals surface area contributed by atoms with E-state index in [1.54, 1.807) is 18.4 Å². The van der Waals surface area contributed by atoms with Crippen LogP contribution in [0.4, 0.5) is 9.52 Å². The van der Waals surface area contributed by atoms with Crippen LogP contribution in [0.5, 0.6) is 0 Å². The molecule has 1 N–H and O–H groups in total. The van der Waals surface area contributed by atoms with Crippen LogP contribution in [0.3, 0.4) is 0 Å². The highest BCUT2D eigenvalue weighted by Crippen LogP contribution is 2.22. The van der Waals surface area contributed by atoms with E-state index in [9.17, 15) is 9.18 Å². The number of hydrogen-bond donors (Lipinski definition) is 1. The van der Waals surface area contributed by atoms with Crippen molar-refractivity contribution in [3.63, 3.8) is 0 Å². The van der Waals surface area contributed by atoms with Crippen molar-refractivity contribution < 1.29 is 13.6 Å². The molecule has 1 aromatic carbocycles. The number of nitrogens with zero attached hydrogens (tertiary/aromatic N) is 3. The number of hydrogen-bond acceptors (Lipinski definition) is 6. The van der Waals surface area contributed by atoms with E-state index in [-0.39, 0.29) is 17.8 Å². The van der Waals surface area contributed by atoms with Crippen molar-refractivity contribution in [2.75, 3.05) is 11.4 Å². The van der Waals surface area contributed by atoms with E-state index >= 15 is 0 Å². The second kappa shape index (κ2) is 10.2. The van der Waals surface area contributed by atoms with E-state index in [1.165, 1.54) is 23.7 Å². The van der Waals surface area contributed by atoms with Crippen molar-refractivity contribution in [1.82, 2.24) is 14.7 Å². The van der Waals surface area contributed by atoms with Gasteiger partial charge in [-0.1, -0.05) is 19.1 Å². The molecular formula is C21H25FN4O2S. The van der Waals surface area contributed by atoms with Gasteiger partial charge in [0.05, 0.1) is 12.8 Å². The molecule has 0 spiro atoms. The number of furan rings is 1. The van der Waals surface area contributed by atoms with Crippen molar-refractivity contribution in [2.24, 2.45) is 0 Å². The normalized spacial score (nSPS) is 12.0. The predicted octanol–water partition coefficient (Wildman–Crippen LogP) is 4.17. The van der Waals surface area contributed by atoms with Gasteiger partial charge >= 0.3 is 0 Å². The number of carbonyl (C=O) groups is 1. The number of carbonyl (C=O) groups excluding carboxylic acids is 1. The zero-order valence-corrected chi connectivity index (χ0v) is 17.4. The van der Waals surface area contributed by atoms with E-state index in [2.05, 4.69) is 14.7 Å². The van der Waals surface area contributed by atoms with Gasteiger partial charge in [-0.3, -0.25) is 4.79 Å². The molecule has 0 saturated heterocycles. The summed E-state index contributed by atoms with van der Waals surface area (Å²) in [7, 11) is 0. The quantitative estimate of drug-likeness (QED) is 0.537. The summed E-state index contributed by atoms with van der Waals surface area (Å²) in [4.78, 5) is 18.8. The maximum absolute atomic E-state index is 13.1. The van der Waals surface area contributed by atoms with Crippen LogP contribution in [0.15, 0.2) is 47.1 Å². The van der Waals surface area contributed by atoms with Gasteiger partial charge in [-0.05, 0) is 43.2 Å². The molecule has 0 aliphatic carbocycles. The van der Waals surface area contributed by atoms with Gasteiger partial charge in [0.1, 0.15) is 17.4 Å². The molecule has 0 aliphatic rings. The van der Waals surface area contributed by atoms with Crippen molar-refractivity contribution in [1.29, 1.82) is 0 Å². The zero-order valence-electron chi connectivity index (χ0n) is 16.6. The highest BCUT2D eigenvalue weighted by atomic mass is 32.1. The van der Waals surface area contributed by atoms with Crippen molar-refractivity contribution >= 4 is 22.6 Å². The van der Waals surface area contributed by atoms with Crippen molar-refractivity contribution in [3.05, 3.63) is 65.6 Å². The molecule has 0 fully saturated rings. The van der Waals surface area contributed by atoms with Gasteiger partial charge in [-0.15, -0.1) is 0 Å². The van der Waals surface area contributed by atoms with Gasteiger partial charge in [0, 0.05) is 37.0 Å². The molecule has 1 unspecified atom stereocenters. The maximum Gasteiger partial charge on any atom is 0.221 e. The summed E-state index contributed by atoms with van der Waals surface area (Å²) in [6.07, 6.45) is 3.41. The maximum atomic E-state index is 13.1. The van der Waals surface area contributed by atoms with Gasteiger partial charge in [-0.25, -0.2) is 9.37 Å². The first kappa shape index (κ1) is 21.0. The fourth-order valence-corrected chi connectivity index (χ4v) is 3.46. The molecule has 2 aromatic heterocycles. The first-order valence-corrected chi connectivity index (χ1v) is 10.4. The zero-order chi connectivity index (χ0) is 20.6. The molecule has 0 bridgehead atoms. The van der Waals surface area contributed by atoms with Crippen LogP contribution in [-0.4, -0.2) is 27.9 Å². The first-order chi connectivity index (χ1) is 14.0. The lowest BCUT2D eigenvalue weighted by atomic mass is 10.1. The average molecular weight is 417 g/mol. The number of rotatable bonds is 10. The highest BCUT2D eigenvalue weighted by Gasteiger charge is 2.17. The number of amides is 1. The Bertz CT molecular complexity index is 896. The van der Waals surface area contributed by atoms with Gasteiger partial charge in [0.25, 0.3) is 0 Å². The third-order valence-electron chi connectivity index (χ3n) is 4.56.